The van der Waals surface area contributed by atoms with E-state index in [-0.39, 0.29) is 11.3 Å². The normalized spacial score (nSPS) is 11.0. The quantitative estimate of drug-likeness (QED) is 0.587. The molecule has 0 aliphatic carbocycles. The average molecular weight is 295 g/mol. The molecule has 1 heterocycles. The molecule has 5 nitrogen and oxygen atoms in total. The van der Waals surface area contributed by atoms with Crippen LogP contribution in [0.3, 0.4) is 0 Å². The third-order valence-corrected chi connectivity index (χ3v) is 3.68. The number of nitrogens with two attached hydrogens (primary N) is 1. The van der Waals surface area contributed by atoms with Crippen LogP contribution >= 0.6 is 0 Å². The first kappa shape index (κ1) is 14.3. The molecule has 3 rings (SSSR count). The van der Waals surface area contributed by atoms with Crippen LogP contribution in [0, 0.1) is 5.21 Å². The Morgan fingerprint density at radius 3 is 2.45 bits per heavy atom. The van der Waals surface area contributed by atoms with Crippen LogP contribution in [-0.4, -0.2) is 11.1 Å². The van der Waals surface area contributed by atoms with Crippen LogP contribution in [0.15, 0.2) is 59.4 Å². The summed E-state index contributed by atoms with van der Waals surface area (Å²) in [5.74, 6) is 0. The van der Waals surface area contributed by atoms with Crippen LogP contribution < -0.4 is 16.0 Å². The Hall–Kier alpha value is -2.66. The fourth-order valence-corrected chi connectivity index (χ4v) is 2.62. The van der Waals surface area contributed by atoms with E-state index in [4.69, 9.17) is 5.73 Å². The van der Waals surface area contributed by atoms with Crippen molar-refractivity contribution < 1.29 is 4.73 Å². The number of aryl methyl sites for hydroxylation is 1. The minimum absolute atomic E-state index is 0.149. The number of nitrogens with zero attached hydrogens (tertiary/aromatic N) is 2. The second-order valence-electron chi connectivity index (χ2n) is 5.10. The Labute approximate surface area is 127 Å². The first-order chi connectivity index (χ1) is 10.7. The second-order valence-corrected chi connectivity index (χ2v) is 5.10. The molecule has 0 saturated heterocycles. The summed E-state index contributed by atoms with van der Waals surface area (Å²) < 4.78 is 2.37. The summed E-state index contributed by atoms with van der Waals surface area (Å²) in [4.78, 5) is 12.8. The van der Waals surface area contributed by atoms with Crippen molar-refractivity contribution in [2.24, 2.45) is 5.73 Å². The third-order valence-electron chi connectivity index (χ3n) is 3.68. The summed E-state index contributed by atoms with van der Waals surface area (Å²) in [6.07, 6.45) is 0.682. The zero-order chi connectivity index (χ0) is 15.5. The largest absolute Gasteiger partial charge is 0.618 e. The number of benzene rings is 2. The van der Waals surface area contributed by atoms with Gasteiger partial charge in [-0.15, -0.1) is 0 Å². The predicted octanol–water partition coefficient (Wildman–Crippen LogP) is 1.65. The highest BCUT2D eigenvalue weighted by molar-refractivity contribution is 5.73. The van der Waals surface area contributed by atoms with Gasteiger partial charge in [0.15, 0.2) is 0 Å². The Morgan fingerprint density at radius 2 is 1.73 bits per heavy atom. The molecule has 0 amide bonds. The molecule has 5 heteroatoms. The van der Waals surface area contributed by atoms with Crippen LogP contribution in [0.1, 0.15) is 6.42 Å². The maximum atomic E-state index is 12.8. The summed E-state index contributed by atoms with van der Waals surface area (Å²) in [5.41, 5.74) is 7.17. The van der Waals surface area contributed by atoms with Crippen molar-refractivity contribution in [3.63, 3.8) is 0 Å². The number of para-hydroxylation sites is 2. The lowest BCUT2D eigenvalue weighted by Gasteiger charge is -2.13. The highest BCUT2D eigenvalue weighted by Crippen LogP contribution is 2.15. The lowest BCUT2D eigenvalue weighted by Crippen LogP contribution is -2.41. The average Bonchev–Trinajstić information content (AvgIpc) is 2.56. The van der Waals surface area contributed by atoms with Gasteiger partial charge in [-0.25, -0.2) is 0 Å². The van der Waals surface area contributed by atoms with Gasteiger partial charge in [-0.2, -0.15) is 4.73 Å². The van der Waals surface area contributed by atoms with Gasteiger partial charge in [0, 0.05) is 12.6 Å². The fraction of sp³-hybridized carbons (Fsp3) is 0.176. The molecule has 0 aliphatic rings. The Balaban J connectivity index is 2.36. The van der Waals surface area contributed by atoms with E-state index < -0.39 is 0 Å². The van der Waals surface area contributed by atoms with Gasteiger partial charge in [-0.05, 0) is 31.2 Å². The molecular weight excluding hydrogens is 278 g/mol. The number of hydrogen-bond acceptors (Lipinski definition) is 3. The highest BCUT2D eigenvalue weighted by Gasteiger charge is 2.21. The molecule has 0 radical (unpaired) electrons. The van der Waals surface area contributed by atoms with E-state index in [0.717, 1.165) is 4.73 Å². The van der Waals surface area contributed by atoms with Gasteiger partial charge in [-0.3, -0.25) is 9.36 Å². The van der Waals surface area contributed by atoms with E-state index in [1.165, 1.54) is 0 Å². The minimum atomic E-state index is -0.284. The molecule has 0 atom stereocenters. The number of hydrogen-bond donors (Lipinski definition) is 1. The van der Waals surface area contributed by atoms with Gasteiger partial charge in [0.25, 0.3) is 5.69 Å². The molecule has 0 fully saturated rings. The molecule has 3 aromatic rings. The zero-order valence-corrected chi connectivity index (χ0v) is 12.1. The second kappa shape index (κ2) is 5.99. The first-order valence-corrected chi connectivity index (χ1v) is 7.24. The standard InChI is InChI=1S/C17H17N3O2/c18-11-6-12-19-14-9-4-5-10-15(14)20(22)16(17(19)21)13-7-2-1-3-8-13/h1-5,7-10H,6,11-12,18H2. The van der Waals surface area contributed by atoms with E-state index in [9.17, 15) is 10.0 Å². The van der Waals surface area contributed by atoms with Crippen LogP contribution in [0.5, 0.6) is 0 Å². The molecule has 0 unspecified atom stereocenters. The van der Waals surface area contributed by atoms with Gasteiger partial charge in [0.1, 0.15) is 5.52 Å². The Morgan fingerprint density at radius 1 is 1.05 bits per heavy atom. The van der Waals surface area contributed by atoms with Gasteiger partial charge < -0.3 is 10.9 Å². The van der Waals surface area contributed by atoms with Gasteiger partial charge in [-0.1, -0.05) is 30.3 Å². The van der Waals surface area contributed by atoms with Gasteiger partial charge in [0.05, 0.1) is 5.56 Å². The topological polar surface area (TPSA) is 75.0 Å². The molecule has 2 aromatic carbocycles. The smallest absolute Gasteiger partial charge is 0.325 e. The Bertz CT molecular complexity index is 857. The van der Waals surface area contributed by atoms with Crippen molar-refractivity contribution in [2.45, 2.75) is 13.0 Å². The van der Waals surface area contributed by atoms with Crippen molar-refractivity contribution in [1.82, 2.24) is 4.57 Å². The van der Waals surface area contributed by atoms with Crippen LogP contribution in [0.2, 0.25) is 0 Å². The summed E-state index contributed by atoms with van der Waals surface area (Å²) in [7, 11) is 0. The minimum Gasteiger partial charge on any atom is -0.618 e. The third kappa shape index (κ3) is 2.35. The maximum Gasteiger partial charge on any atom is 0.325 e. The van der Waals surface area contributed by atoms with Crippen molar-refractivity contribution in [3.05, 3.63) is 70.2 Å². The summed E-state index contributed by atoms with van der Waals surface area (Å²) >= 11 is 0. The lowest BCUT2D eigenvalue weighted by molar-refractivity contribution is -0.566. The predicted molar refractivity (Wildman–Crippen MR) is 86.3 cm³/mol. The van der Waals surface area contributed by atoms with Crippen molar-refractivity contribution in [3.8, 4) is 11.3 Å². The monoisotopic (exact) mass is 295 g/mol. The fourth-order valence-electron chi connectivity index (χ4n) is 2.62. The molecule has 0 spiro atoms. The summed E-state index contributed by atoms with van der Waals surface area (Å²) in [6.45, 7) is 0.990. The van der Waals surface area contributed by atoms with Crippen LogP contribution in [0.4, 0.5) is 0 Å². The van der Waals surface area contributed by atoms with Crippen LogP contribution in [-0.2, 0) is 6.54 Å². The SMILES string of the molecule is NCCCn1c(=O)c(-c2ccccc2)[n+]([O-])c2ccccc21. The molecule has 0 saturated carbocycles. The molecule has 112 valence electrons. The van der Waals surface area contributed by atoms with Gasteiger partial charge >= 0.3 is 5.56 Å². The van der Waals surface area contributed by atoms with E-state index in [0.29, 0.717) is 36.1 Å². The molecule has 1 aromatic heterocycles. The highest BCUT2D eigenvalue weighted by atomic mass is 16.5. The van der Waals surface area contributed by atoms with Crippen LogP contribution in [0.25, 0.3) is 22.3 Å². The molecular formula is C17H17N3O2. The van der Waals surface area contributed by atoms with Crippen molar-refractivity contribution >= 4 is 11.0 Å². The van der Waals surface area contributed by atoms with E-state index in [1.807, 2.05) is 24.3 Å². The van der Waals surface area contributed by atoms with E-state index >= 15 is 0 Å². The number of aromatic nitrogens is 2. The van der Waals surface area contributed by atoms with Crippen molar-refractivity contribution in [2.75, 3.05) is 6.54 Å². The molecule has 2 N–H and O–H groups in total. The number of fused-ring (bicyclic) bond motifs is 1. The first-order valence-electron chi connectivity index (χ1n) is 7.24. The molecule has 22 heavy (non-hydrogen) atoms. The molecule has 0 aliphatic heterocycles. The molecule has 0 bridgehead atoms. The zero-order valence-electron chi connectivity index (χ0n) is 12.1. The lowest BCUT2D eigenvalue weighted by atomic mass is 10.1. The summed E-state index contributed by atoms with van der Waals surface area (Å²) in [5, 5.41) is 12.7. The number of rotatable bonds is 4. The summed E-state index contributed by atoms with van der Waals surface area (Å²) in [6, 6.07) is 16.2. The van der Waals surface area contributed by atoms with E-state index in [1.54, 1.807) is 34.9 Å². The van der Waals surface area contributed by atoms with Gasteiger partial charge in [0.2, 0.25) is 5.52 Å². The van der Waals surface area contributed by atoms with E-state index in [2.05, 4.69) is 0 Å². The Kier molecular flexibility index (Phi) is 3.89. The van der Waals surface area contributed by atoms with Crippen molar-refractivity contribution in [1.29, 1.82) is 0 Å². The maximum absolute atomic E-state index is 12.8.